The molecule has 1 heterocycles. The number of non-ortho nitro benzene ring substituents is 1. The van der Waals surface area contributed by atoms with Gasteiger partial charge in [-0.3, -0.25) is 14.9 Å². The highest BCUT2D eigenvalue weighted by Crippen LogP contribution is 2.35. The summed E-state index contributed by atoms with van der Waals surface area (Å²) in [6, 6.07) is 5.75. The molecule has 0 unspecified atom stereocenters. The lowest BCUT2D eigenvalue weighted by Crippen LogP contribution is -3.07. The van der Waals surface area contributed by atoms with Crippen LogP contribution in [0.15, 0.2) is 24.3 Å². The number of Topliss-reactive ketones (excluding diaryl/α,β-unsaturated/α-hetero) is 1. The maximum atomic E-state index is 12.5. The first kappa shape index (κ1) is 16.6. The number of carbonyl (C=O) groups excluding carboxylic acids is 1. The molecule has 120 valence electrons. The van der Waals surface area contributed by atoms with Gasteiger partial charge in [0.15, 0.2) is 5.78 Å². The standard InChI is InChI=1S/C16H22N2O4/c1-15(2)9-12(19)13(16(3,4)17-15)14(20)10-5-7-11(8-6-10)18(21)22/h5-8,13-14,17,20H,9H2,1-4H3/p+1/t13-,14+/m1/s1. The molecule has 0 amide bonds. The molecule has 6 heteroatoms. The van der Waals surface area contributed by atoms with Gasteiger partial charge in [-0.1, -0.05) is 0 Å². The van der Waals surface area contributed by atoms with E-state index in [0.29, 0.717) is 12.0 Å². The maximum absolute atomic E-state index is 12.5. The normalized spacial score (nSPS) is 24.8. The molecule has 0 bridgehead atoms. The number of carbonyl (C=O) groups is 1. The Morgan fingerprint density at radius 2 is 1.82 bits per heavy atom. The molecule has 1 aromatic carbocycles. The third-order valence-corrected chi connectivity index (χ3v) is 4.30. The number of ketones is 1. The lowest BCUT2D eigenvalue weighted by Gasteiger charge is -2.44. The molecule has 0 spiro atoms. The fourth-order valence-corrected chi connectivity index (χ4v) is 3.69. The SMILES string of the molecule is CC1(C)CC(=O)[C@H]([C@@H](O)c2ccc([N+](=O)[O-])cc2)C(C)(C)[NH2+]1. The molecule has 0 aliphatic carbocycles. The van der Waals surface area contributed by atoms with Crippen LogP contribution in [-0.4, -0.2) is 26.9 Å². The first-order valence-corrected chi connectivity index (χ1v) is 7.36. The van der Waals surface area contributed by atoms with Gasteiger partial charge in [-0.25, -0.2) is 0 Å². The molecule has 1 aliphatic rings. The molecule has 0 radical (unpaired) electrons. The van der Waals surface area contributed by atoms with Crippen molar-refractivity contribution in [2.75, 3.05) is 0 Å². The van der Waals surface area contributed by atoms with Crippen molar-refractivity contribution in [2.45, 2.75) is 51.3 Å². The Hall–Kier alpha value is -1.79. The van der Waals surface area contributed by atoms with Crippen molar-refractivity contribution in [2.24, 2.45) is 5.92 Å². The summed E-state index contributed by atoms with van der Waals surface area (Å²) in [5.41, 5.74) is -0.130. The van der Waals surface area contributed by atoms with Crippen LogP contribution in [0.1, 0.15) is 45.8 Å². The summed E-state index contributed by atoms with van der Waals surface area (Å²) in [7, 11) is 0. The van der Waals surface area contributed by atoms with E-state index in [0.717, 1.165) is 0 Å². The largest absolute Gasteiger partial charge is 0.387 e. The molecule has 6 nitrogen and oxygen atoms in total. The van der Waals surface area contributed by atoms with Gasteiger partial charge in [0.05, 0.1) is 23.0 Å². The highest BCUT2D eigenvalue weighted by molar-refractivity contribution is 5.84. The number of benzene rings is 1. The van der Waals surface area contributed by atoms with Crippen LogP contribution in [0.4, 0.5) is 5.69 Å². The molecular formula is C16H23N2O4+. The second-order valence-corrected chi connectivity index (χ2v) is 7.37. The number of nitrogens with zero attached hydrogens (tertiary/aromatic N) is 1. The fourth-order valence-electron chi connectivity index (χ4n) is 3.69. The van der Waals surface area contributed by atoms with Gasteiger partial charge in [-0.2, -0.15) is 0 Å². The zero-order valence-electron chi connectivity index (χ0n) is 13.4. The van der Waals surface area contributed by atoms with Crippen LogP contribution in [0, 0.1) is 16.0 Å². The highest BCUT2D eigenvalue weighted by Gasteiger charge is 2.52. The number of rotatable bonds is 3. The summed E-state index contributed by atoms with van der Waals surface area (Å²) in [4.78, 5) is 22.7. The minimum absolute atomic E-state index is 0.0297. The number of hydrogen-bond donors (Lipinski definition) is 2. The topological polar surface area (TPSA) is 97.0 Å². The Labute approximate surface area is 129 Å². The Morgan fingerprint density at radius 1 is 1.27 bits per heavy atom. The molecule has 0 saturated carbocycles. The molecule has 1 aromatic rings. The van der Waals surface area contributed by atoms with Crippen LogP contribution in [-0.2, 0) is 4.79 Å². The second kappa shape index (κ2) is 5.44. The lowest BCUT2D eigenvalue weighted by molar-refractivity contribution is -0.788. The van der Waals surface area contributed by atoms with Crippen molar-refractivity contribution in [1.82, 2.24) is 0 Å². The molecule has 3 N–H and O–H groups in total. The summed E-state index contributed by atoms with van der Waals surface area (Å²) in [6.45, 7) is 7.93. The third kappa shape index (κ3) is 3.18. The summed E-state index contributed by atoms with van der Waals surface area (Å²) in [6.07, 6.45) is -0.568. The molecular weight excluding hydrogens is 284 g/mol. The predicted octanol–water partition coefficient (Wildman–Crippen LogP) is 1.34. The van der Waals surface area contributed by atoms with Crippen LogP contribution < -0.4 is 5.32 Å². The van der Waals surface area contributed by atoms with Gasteiger partial charge >= 0.3 is 0 Å². The molecule has 1 aliphatic heterocycles. The molecule has 0 aromatic heterocycles. The van der Waals surface area contributed by atoms with E-state index in [1.165, 1.54) is 24.3 Å². The highest BCUT2D eigenvalue weighted by atomic mass is 16.6. The van der Waals surface area contributed by atoms with Crippen molar-refractivity contribution >= 4 is 11.5 Å². The van der Waals surface area contributed by atoms with Crippen molar-refractivity contribution < 1.29 is 20.1 Å². The number of nitro groups is 1. The monoisotopic (exact) mass is 307 g/mol. The van der Waals surface area contributed by atoms with Gasteiger partial charge < -0.3 is 10.4 Å². The van der Waals surface area contributed by atoms with Gasteiger partial charge in [0.25, 0.3) is 5.69 Å². The summed E-state index contributed by atoms with van der Waals surface area (Å²) >= 11 is 0. The number of hydrogen-bond acceptors (Lipinski definition) is 4. The first-order chi connectivity index (χ1) is 10.0. The molecule has 1 fully saturated rings. The van der Waals surface area contributed by atoms with Crippen LogP contribution in [0.25, 0.3) is 0 Å². The van der Waals surface area contributed by atoms with Gasteiger partial charge in [-0.15, -0.1) is 0 Å². The van der Waals surface area contributed by atoms with Gasteiger partial charge in [0.1, 0.15) is 11.5 Å². The van der Waals surface area contributed by atoms with Crippen LogP contribution in [0.5, 0.6) is 0 Å². The van der Waals surface area contributed by atoms with E-state index >= 15 is 0 Å². The van der Waals surface area contributed by atoms with Crippen LogP contribution >= 0.6 is 0 Å². The number of quaternary nitrogens is 1. The zero-order valence-corrected chi connectivity index (χ0v) is 13.4. The van der Waals surface area contributed by atoms with Crippen molar-refractivity contribution in [1.29, 1.82) is 0 Å². The molecule has 2 rings (SSSR count). The lowest BCUT2D eigenvalue weighted by atomic mass is 9.70. The Balaban J connectivity index is 2.29. The number of nitrogens with two attached hydrogens (primary N) is 1. The Bertz CT molecular complexity index is 593. The van der Waals surface area contributed by atoms with E-state index in [-0.39, 0.29) is 17.0 Å². The number of piperidine rings is 1. The minimum Gasteiger partial charge on any atom is -0.387 e. The summed E-state index contributed by atoms with van der Waals surface area (Å²) in [5.74, 6) is -0.509. The molecule has 1 saturated heterocycles. The van der Waals surface area contributed by atoms with Crippen molar-refractivity contribution in [3.8, 4) is 0 Å². The average molecular weight is 307 g/mol. The number of aliphatic hydroxyl groups excluding tert-OH is 1. The quantitative estimate of drug-likeness (QED) is 0.650. The van der Waals surface area contributed by atoms with Crippen LogP contribution in [0.3, 0.4) is 0 Å². The van der Waals surface area contributed by atoms with Gasteiger partial charge in [0, 0.05) is 12.1 Å². The molecule has 22 heavy (non-hydrogen) atoms. The minimum atomic E-state index is -0.962. The second-order valence-electron chi connectivity index (χ2n) is 7.37. The van der Waals surface area contributed by atoms with E-state index in [2.05, 4.69) is 5.32 Å². The van der Waals surface area contributed by atoms with Gasteiger partial charge in [0.2, 0.25) is 0 Å². The summed E-state index contributed by atoms with van der Waals surface area (Å²) in [5, 5.41) is 23.5. The van der Waals surface area contributed by atoms with E-state index in [4.69, 9.17) is 0 Å². The van der Waals surface area contributed by atoms with Gasteiger partial charge in [-0.05, 0) is 45.4 Å². The van der Waals surface area contributed by atoms with Crippen molar-refractivity contribution in [3.63, 3.8) is 0 Å². The summed E-state index contributed by atoms with van der Waals surface area (Å²) < 4.78 is 0. The van der Waals surface area contributed by atoms with E-state index in [9.17, 15) is 20.0 Å². The zero-order chi connectivity index (χ0) is 16.7. The Morgan fingerprint density at radius 3 is 2.27 bits per heavy atom. The van der Waals surface area contributed by atoms with Crippen molar-refractivity contribution in [3.05, 3.63) is 39.9 Å². The fraction of sp³-hybridized carbons (Fsp3) is 0.562. The van der Waals surface area contributed by atoms with E-state index in [1.54, 1.807) is 0 Å². The Kier molecular flexibility index (Phi) is 4.10. The average Bonchev–Trinajstić information content (AvgIpc) is 2.35. The number of aliphatic hydroxyl groups is 1. The van der Waals surface area contributed by atoms with E-state index < -0.39 is 22.5 Å². The third-order valence-electron chi connectivity index (χ3n) is 4.30. The molecule has 2 atom stereocenters. The number of nitro benzene ring substituents is 1. The van der Waals surface area contributed by atoms with Crippen LogP contribution in [0.2, 0.25) is 0 Å². The smallest absolute Gasteiger partial charge is 0.269 e. The maximum Gasteiger partial charge on any atom is 0.269 e. The van der Waals surface area contributed by atoms with E-state index in [1.807, 2.05) is 27.7 Å². The predicted molar refractivity (Wildman–Crippen MR) is 81.3 cm³/mol. The first-order valence-electron chi connectivity index (χ1n) is 7.36.